The van der Waals surface area contributed by atoms with Gasteiger partial charge < -0.3 is 10.1 Å². The van der Waals surface area contributed by atoms with Crippen LogP contribution in [0.4, 0.5) is 11.4 Å². The summed E-state index contributed by atoms with van der Waals surface area (Å²) in [5.41, 5.74) is 1.25. The van der Waals surface area contributed by atoms with Crippen molar-refractivity contribution in [3.8, 4) is 5.75 Å². The van der Waals surface area contributed by atoms with Gasteiger partial charge in [-0.25, -0.2) is 0 Å². The number of anilines is 1. The molecule has 0 radical (unpaired) electrons. The van der Waals surface area contributed by atoms with Crippen molar-refractivity contribution in [2.24, 2.45) is 0 Å². The molecule has 0 bridgehead atoms. The van der Waals surface area contributed by atoms with E-state index in [0.29, 0.717) is 12.1 Å². The average molecular weight is 314 g/mol. The number of nitrogens with one attached hydrogen (secondary N) is 1. The van der Waals surface area contributed by atoms with Crippen molar-refractivity contribution in [2.45, 2.75) is 19.3 Å². The number of methoxy groups -OCH3 is 1. The zero-order valence-corrected chi connectivity index (χ0v) is 13.0. The van der Waals surface area contributed by atoms with E-state index in [1.54, 1.807) is 0 Å². The molecule has 0 spiro atoms. The zero-order valence-electron chi connectivity index (χ0n) is 13.0. The highest BCUT2D eigenvalue weighted by Crippen LogP contribution is 2.30. The van der Waals surface area contributed by atoms with Gasteiger partial charge in [-0.2, -0.15) is 0 Å². The van der Waals surface area contributed by atoms with Crippen LogP contribution >= 0.6 is 0 Å². The maximum Gasteiger partial charge on any atom is 0.273 e. The molecule has 0 unspecified atom stereocenters. The highest BCUT2D eigenvalue weighted by Gasteiger charge is 2.20. The number of nitro benzene ring substituents is 1. The summed E-state index contributed by atoms with van der Waals surface area (Å²) in [7, 11) is 1.41. The van der Waals surface area contributed by atoms with Gasteiger partial charge in [0.1, 0.15) is 5.75 Å². The fourth-order valence-electron chi connectivity index (χ4n) is 2.37. The molecule has 0 aliphatic carbocycles. The Balaban J connectivity index is 2.23. The molecule has 0 heterocycles. The van der Waals surface area contributed by atoms with Crippen LogP contribution in [-0.2, 0) is 4.79 Å². The molecule has 0 aliphatic rings. The van der Waals surface area contributed by atoms with Gasteiger partial charge in [-0.3, -0.25) is 14.9 Å². The fraction of sp³-hybridized carbons (Fsp3) is 0.235. The van der Waals surface area contributed by atoms with Gasteiger partial charge in [-0.05, 0) is 18.1 Å². The molecular weight excluding hydrogens is 296 g/mol. The van der Waals surface area contributed by atoms with Crippen molar-refractivity contribution in [1.29, 1.82) is 0 Å². The third kappa shape index (κ3) is 3.85. The third-order valence-electron chi connectivity index (χ3n) is 3.58. The van der Waals surface area contributed by atoms with Crippen LogP contribution in [0.5, 0.6) is 5.75 Å². The molecule has 23 heavy (non-hydrogen) atoms. The number of rotatable bonds is 6. The molecule has 0 aliphatic heterocycles. The van der Waals surface area contributed by atoms with E-state index >= 15 is 0 Å². The summed E-state index contributed by atoms with van der Waals surface area (Å²) in [4.78, 5) is 22.8. The maximum atomic E-state index is 12.5. The number of non-ortho nitro benzene ring substituents is 1. The number of hydrogen-bond donors (Lipinski definition) is 1. The summed E-state index contributed by atoms with van der Waals surface area (Å²) in [6.07, 6.45) is 0.644. The van der Waals surface area contributed by atoms with Gasteiger partial charge in [0, 0.05) is 6.07 Å². The maximum absolute atomic E-state index is 12.5. The van der Waals surface area contributed by atoms with Gasteiger partial charge >= 0.3 is 0 Å². The smallest absolute Gasteiger partial charge is 0.273 e. The summed E-state index contributed by atoms with van der Waals surface area (Å²) in [5, 5.41) is 13.6. The third-order valence-corrected chi connectivity index (χ3v) is 3.58. The normalized spacial score (nSPS) is 11.6. The van der Waals surface area contributed by atoms with Crippen molar-refractivity contribution in [1.82, 2.24) is 0 Å². The molecule has 120 valence electrons. The molecule has 6 heteroatoms. The van der Waals surface area contributed by atoms with E-state index < -0.39 is 4.92 Å². The van der Waals surface area contributed by atoms with E-state index in [1.807, 2.05) is 37.3 Å². The number of nitro groups is 1. The molecule has 2 aromatic rings. The number of nitrogens with zero attached hydrogens (tertiary/aromatic N) is 1. The summed E-state index contributed by atoms with van der Waals surface area (Å²) in [6.45, 7) is 1.93. The Morgan fingerprint density at radius 2 is 1.96 bits per heavy atom. The van der Waals surface area contributed by atoms with Gasteiger partial charge in [0.25, 0.3) is 5.69 Å². The van der Waals surface area contributed by atoms with E-state index in [4.69, 9.17) is 4.74 Å². The predicted molar refractivity (Wildman–Crippen MR) is 87.8 cm³/mol. The first kappa shape index (κ1) is 16.5. The highest BCUT2D eigenvalue weighted by molar-refractivity contribution is 5.97. The van der Waals surface area contributed by atoms with Crippen molar-refractivity contribution in [3.05, 3.63) is 64.2 Å². The molecule has 6 nitrogen and oxygen atoms in total. The lowest BCUT2D eigenvalue weighted by molar-refractivity contribution is -0.384. The first-order valence-electron chi connectivity index (χ1n) is 7.25. The average Bonchev–Trinajstić information content (AvgIpc) is 2.56. The first-order chi connectivity index (χ1) is 11.1. The number of ether oxygens (including phenoxy) is 1. The molecule has 1 atom stereocenters. The summed E-state index contributed by atoms with van der Waals surface area (Å²) >= 11 is 0. The SMILES string of the molecule is CC[C@@H](C(=O)Nc1ccc([N+](=O)[O-])cc1OC)c1ccccc1. The van der Waals surface area contributed by atoms with Crippen molar-refractivity contribution in [2.75, 3.05) is 12.4 Å². The second-order valence-electron chi connectivity index (χ2n) is 5.00. The number of benzene rings is 2. The van der Waals surface area contributed by atoms with Crippen LogP contribution < -0.4 is 10.1 Å². The van der Waals surface area contributed by atoms with Crippen LogP contribution in [-0.4, -0.2) is 17.9 Å². The minimum Gasteiger partial charge on any atom is -0.494 e. The molecule has 2 rings (SSSR count). The van der Waals surface area contributed by atoms with Crippen LogP contribution in [0.2, 0.25) is 0 Å². The van der Waals surface area contributed by atoms with Crippen LogP contribution in [0.3, 0.4) is 0 Å². The quantitative estimate of drug-likeness (QED) is 0.650. The zero-order chi connectivity index (χ0) is 16.8. The Morgan fingerprint density at radius 1 is 1.26 bits per heavy atom. The molecule has 0 fully saturated rings. The summed E-state index contributed by atoms with van der Waals surface area (Å²) in [6, 6.07) is 13.6. The number of carbonyl (C=O) groups is 1. The lowest BCUT2D eigenvalue weighted by Crippen LogP contribution is -2.21. The van der Waals surface area contributed by atoms with Crippen LogP contribution in [0, 0.1) is 10.1 Å². The van der Waals surface area contributed by atoms with Gasteiger partial charge in [-0.1, -0.05) is 37.3 Å². The highest BCUT2D eigenvalue weighted by atomic mass is 16.6. The van der Waals surface area contributed by atoms with Crippen molar-refractivity contribution >= 4 is 17.3 Å². The van der Waals surface area contributed by atoms with E-state index in [9.17, 15) is 14.9 Å². The molecule has 2 aromatic carbocycles. The molecule has 1 N–H and O–H groups in total. The van der Waals surface area contributed by atoms with Gasteiger partial charge in [0.15, 0.2) is 0 Å². The fourth-order valence-corrected chi connectivity index (χ4v) is 2.37. The van der Waals surface area contributed by atoms with E-state index in [0.717, 1.165) is 5.56 Å². The lowest BCUT2D eigenvalue weighted by atomic mass is 9.95. The molecule has 0 saturated heterocycles. The largest absolute Gasteiger partial charge is 0.494 e. The minimum absolute atomic E-state index is 0.0880. The van der Waals surface area contributed by atoms with Gasteiger partial charge in [0.2, 0.25) is 5.91 Å². The van der Waals surface area contributed by atoms with Crippen LogP contribution in [0.25, 0.3) is 0 Å². The number of amides is 1. The Labute approximate surface area is 134 Å². The Bertz CT molecular complexity index is 701. The van der Waals surface area contributed by atoms with Gasteiger partial charge in [-0.15, -0.1) is 0 Å². The Hall–Kier alpha value is -2.89. The number of hydrogen-bond acceptors (Lipinski definition) is 4. The topological polar surface area (TPSA) is 81.5 Å². The summed E-state index contributed by atoms with van der Waals surface area (Å²) < 4.78 is 5.14. The molecule has 1 amide bonds. The predicted octanol–water partition coefficient (Wildman–Crippen LogP) is 3.74. The minimum atomic E-state index is -0.507. The molecular formula is C17H18N2O4. The van der Waals surface area contributed by atoms with Crippen molar-refractivity contribution < 1.29 is 14.5 Å². The standard InChI is InChI=1S/C17H18N2O4/c1-3-14(12-7-5-4-6-8-12)17(20)18-15-10-9-13(19(21)22)11-16(15)23-2/h4-11,14H,3H2,1-2H3,(H,18,20)/t14-/m1/s1. The Morgan fingerprint density at radius 3 is 2.52 bits per heavy atom. The first-order valence-corrected chi connectivity index (χ1v) is 7.25. The monoisotopic (exact) mass is 314 g/mol. The van der Waals surface area contributed by atoms with E-state index in [-0.39, 0.29) is 23.3 Å². The summed E-state index contributed by atoms with van der Waals surface area (Å²) in [5.74, 6) is -0.211. The van der Waals surface area contributed by atoms with Crippen molar-refractivity contribution in [3.63, 3.8) is 0 Å². The second-order valence-corrected chi connectivity index (χ2v) is 5.00. The number of carbonyl (C=O) groups excluding carboxylic acids is 1. The van der Waals surface area contributed by atoms with Crippen LogP contribution in [0.1, 0.15) is 24.8 Å². The Kier molecular flexibility index (Phi) is 5.30. The van der Waals surface area contributed by atoms with Gasteiger partial charge in [0.05, 0.1) is 29.7 Å². The molecule has 0 aromatic heterocycles. The van der Waals surface area contributed by atoms with E-state index in [2.05, 4.69) is 5.32 Å². The second kappa shape index (κ2) is 7.40. The van der Waals surface area contributed by atoms with E-state index in [1.165, 1.54) is 25.3 Å². The lowest BCUT2D eigenvalue weighted by Gasteiger charge is -2.16. The molecule has 0 saturated carbocycles. The van der Waals surface area contributed by atoms with Crippen LogP contribution in [0.15, 0.2) is 48.5 Å².